The number of carbonyl (C=O) groups excluding carboxylic acids is 4. The van der Waals surface area contributed by atoms with Gasteiger partial charge < -0.3 is 31.3 Å². The molecule has 1 fully saturated rings. The summed E-state index contributed by atoms with van der Waals surface area (Å²) in [5.74, 6) is -0.883. The van der Waals surface area contributed by atoms with E-state index in [0.29, 0.717) is 49.1 Å². The zero-order valence-electron chi connectivity index (χ0n) is 35.1. The molecule has 2 aromatic rings. The number of unbranched alkanes of at least 4 members (excludes halogenated alkanes) is 4. The van der Waals surface area contributed by atoms with E-state index >= 15 is 0 Å². The minimum atomic E-state index is -0.901. The van der Waals surface area contributed by atoms with Crippen LogP contribution in [0.15, 0.2) is 42.3 Å². The first-order valence-corrected chi connectivity index (χ1v) is 21.8. The number of halogens is 2. The smallest absolute Gasteiger partial charge is 0.276 e. The molecule has 0 aliphatic carbocycles. The maximum Gasteiger partial charge on any atom is 0.276 e. The Bertz CT molecular complexity index is 1740. The molecule has 4 unspecified atom stereocenters. The van der Waals surface area contributed by atoms with Crippen molar-refractivity contribution in [3.63, 3.8) is 0 Å². The molecule has 326 valence electrons. The van der Waals surface area contributed by atoms with Crippen molar-refractivity contribution in [3.05, 3.63) is 86.3 Å². The quantitative estimate of drug-likeness (QED) is 0.0275. The molecule has 4 atom stereocenters. The number of hydrogen-bond acceptors (Lipinski definition) is 9. The summed E-state index contributed by atoms with van der Waals surface area (Å²) in [5, 5.41) is 26.7. The van der Waals surface area contributed by atoms with Gasteiger partial charge in [-0.1, -0.05) is 46.1 Å². The summed E-state index contributed by atoms with van der Waals surface area (Å²) in [7, 11) is 0. The molecule has 0 bridgehead atoms. The third kappa shape index (κ3) is 16.8. The Morgan fingerprint density at radius 2 is 1.59 bits per heavy atom. The Morgan fingerprint density at radius 3 is 2.25 bits per heavy atom. The van der Waals surface area contributed by atoms with Crippen LogP contribution in [0.3, 0.4) is 0 Å². The van der Waals surface area contributed by atoms with Crippen LogP contribution in [0, 0.1) is 27.7 Å². The zero-order valence-corrected chi connectivity index (χ0v) is 35.9. The van der Waals surface area contributed by atoms with Gasteiger partial charge in [-0.25, -0.2) is 8.78 Å². The van der Waals surface area contributed by atoms with E-state index in [-0.39, 0.29) is 71.5 Å². The second-order valence-corrected chi connectivity index (χ2v) is 16.3. The first-order chi connectivity index (χ1) is 28.2. The number of carbonyl (C=O) groups is 4. The second-order valence-electron chi connectivity index (χ2n) is 15.0. The summed E-state index contributed by atoms with van der Waals surface area (Å²) in [6.45, 7) is 9.90. The van der Waals surface area contributed by atoms with E-state index in [4.69, 9.17) is 4.74 Å². The first-order valence-electron chi connectivity index (χ1n) is 20.8. The Labute approximate surface area is 351 Å². The lowest BCUT2D eigenvalue weighted by Crippen LogP contribution is -2.41. The van der Waals surface area contributed by atoms with Crippen LogP contribution in [-0.4, -0.2) is 58.7 Å². The molecule has 13 nitrogen and oxygen atoms in total. The number of amides is 4. The van der Waals surface area contributed by atoms with E-state index in [1.165, 1.54) is 6.07 Å². The fourth-order valence-electron chi connectivity index (χ4n) is 6.77. The molecule has 0 saturated carbocycles. The Balaban J connectivity index is 1.41. The highest BCUT2D eigenvalue weighted by molar-refractivity contribution is 8.00. The summed E-state index contributed by atoms with van der Waals surface area (Å²) in [4.78, 5) is 60.2. The van der Waals surface area contributed by atoms with Crippen molar-refractivity contribution in [2.24, 2.45) is 5.92 Å². The van der Waals surface area contributed by atoms with Crippen LogP contribution in [0.4, 0.5) is 14.5 Å². The van der Waals surface area contributed by atoms with E-state index in [2.05, 4.69) is 33.5 Å². The van der Waals surface area contributed by atoms with Gasteiger partial charge in [0, 0.05) is 74.4 Å². The molecule has 1 heterocycles. The summed E-state index contributed by atoms with van der Waals surface area (Å²) >= 11 is 1.90. The predicted octanol–water partition coefficient (Wildman–Crippen LogP) is 7.63. The van der Waals surface area contributed by atoms with Gasteiger partial charge in [0.25, 0.3) is 11.6 Å². The van der Waals surface area contributed by atoms with Gasteiger partial charge in [0.15, 0.2) is 5.88 Å². The fourth-order valence-corrected chi connectivity index (χ4v) is 8.41. The molecular weight excluding hydrogens is 783 g/mol. The Morgan fingerprint density at radius 1 is 0.915 bits per heavy atom. The predicted molar refractivity (Wildman–Crippen MR) is 226 cm³/mol. The Kier molecular flexibility index (Phi) is 21.2. The van der Waals surface area contributed by atoms with Gasteiger partial charge in [-0.05, 0) is 87.0 Å². The van der Waals surface area contributed by atoms with Crippen LogP contribution >= 0.6 is 11.8 Å². The SMILES string of the molecule is CC/C=C(\NCc1c(F)cc(C(=O)NCCCC)cc1F)OC(C)c1cc(CNC(=O)CCCCCNC(=O)CCCCC2SCC(C)C2NC(C)=O)ccc1[N+](=O)[O-]. The topological polar surface area (TPSA) is 181 Å². The third-order valence-electron chi connectivity index (χ3n) is 10.1. The van der Waals surface area contributed by atoms with E-state index < -0.39 is 28.6 Å². The standard InChI is InChI=1S/C43H62F2N6O7S/c1-6-8-20-47-43(55)32-23-35(44)34(36(45)24-32)26-49-41(14-7-2)58-29(4)33-22-31(18-19-37(33)51(56)57)25-48-40(54)16-10-9-13-21-46-39(53)17-12-11-15-38-42(50-30(5)52)28(3)27-59-38/h14,18-19,22-24,28-29,38,42,49H,6-13,15-17,20-21,25-27H2,1-5H3,(H,46,53)(H,47,55)(H,48,54)(H,50,52)/b41-14+. The van der Waals surface area contributed by atoms with E-state index in [1.807, 2.05) is 25.6 Å². The van der Waals surface area contributed by atoms with E-state index in [0.717, 1.165) is 62.8 Å². The number of benzene rings is 2. The van der Waals surface area contributed by atoms with Crippen LogP contribution < -0.4 is 26.6 Å². The average molecular weight is 845 g/mol. The average Bonchev–Trinajstić information content (AvgIpc) is 3.53. The van der Waals surface area contributed by atoms with E-state index in [1.54, 1.807) is 32.1 Å². The highest BCUT2D eigenvalue weighted by atomic mass is 32.2. The zero-order chi connectivity index (χ0) is 43.3. The van der Waals surface area contributed by atoms with Gasteiger partial charge >= 0.3 is 0 Å². The van der Waals surface area contributed by atoms with Crippen LogP contribution in [0.1, 0.15) is 138 Å². The molecule has 0 aromatic heterocycles. The number of thioether (sulfide) groups is 1. The highest BCUT2D eigenvalue weighted by Gasteiger charge is 2.34. The van der Waals surface area contributed by atoms with Crippen molar-refractivity contribution < 1.29 is 37.6 Å². The van der Waals surface area contributed by atoms with Gasteiger partial charge in [-0.2, -0.15) is 11.8 Å². The number of hydrogen-bond donors (Lipinski definition) is 5. The largest absolute Gasteiger partial charge is 0.471 e. The van der Waals surface area contributed by atoms with Crippen molar-refractivity contribution in [3.8, 4) is 0 Å². The summed E-state index contributed by atoms with van der Waals surface area (Å²) < 4.78 is 35.9. The second kappa shape index (κ2) is 25.7. The molecular formula is C43H62F2N6O7S. The van der Waals surface area contributed by atoms with Crippen molar-refractivity contribution in [2.45, 2.75) is 136 Å². The molecule has 0 spiro atoms. The van der Waals surface area contributed by atoms with Crippen LogP contribution in [0.25, 0.3) is 0 Å². The third-order valence-corrected chi connectivity index (χ3v) is 11.7. The van der Waals surface area contributed by atoms with Gasteiger partial charge in [0.1, 0.15) is 17.7 Å². The molecule has 1 saturated heterocycles. The number of nitrogens with zero attached hydrogens (tertiary/aromatic N) is 1. The lowest BCUT2D eigenvalue weighted by atomic mass is 9.97. The first kappa shape index (κ1) is 48.6. The Hall–Kier alpha value is -4.73. The van der Waals surface area contributed by atoms with Crippen LogP contribution in [0.5, 0.6) is 0 Å². The lowest BCUT2D eigenvalue weighted by molar-refractivity contribution is -0.386. The molecule has 16 heteroatoms. The van der Waals surface area contributed by atoms with Gasteiger partial charge in [-0.15, -0.1) is 0 Å². The number of nitrogens with one attached hydrogen (secondary N) is 5. The molecule has 5 N–H and O–H groups in total. The summed E-state index contributed by atoms with van der Waals surface area (Å²) in [6.07, 6.45) is 8.47. The number of nitro benzene ring substituents is 1. The van der Waals surface area contributed by atoms with Gasteiger partial charge in [0.05, 0.1) is 10.5 Å². The molecule has 3 rings (SSSR count). The molecule has 4 amide bonds. The van der Waals surface area contributed by atoms with Crippen LogP contribution in [-0.2, 0) is 32.2 Å². The molecule has 0 radical (unpaired) electrons. The van der Waals surface area contributed by atoms with Gasteiger partial charge in [-0.3, -0.25) is 29.3 Å². The molecule has 1 aliphatic rings. The monoisotopic (exact) mass is 844 g/mol. The minimum absolute atomic E-state index is 0.00155. The van der Waals surface area contributed by atoms with Crippen molar-refractivity contribution in [1.82, 2.24) is 26.6 Å². The normalized spacial score (nSPS) is 16.9. The number of rotatable bonds is 26. The van der Waals surface area contributed by atoms with Crippen LogP contribution in [0.2, 0.25) is 0 Å². The molecule has 1 aliphatic heterocycles. The number of allylic oxidation sites excluding steroid dienone is 1. The summed E-state index contributed by atoms with van der Waals surface area (Å²) in [5.41, 5.74) is 0.269. The number of nitro groups is 1. The fraction of sp³-hybridized carbons (Fsp3) is 0.581. The summed E-state index contributed by atoms with van der Waals surface area (Å²) in [6, 6.07) is 6.67. The maximum absolute atomic E-state index is 15.0. The lowest BCUT2D eigenvalue weighted by Gasteiger charge is -2.22. The van der Waals surface area contributed by atoms with E-state index in [9.17, 15) is 38.1 Å². The highest BCUT2D eigenvalue weighted by Crippen LogP contribution is 2.35. The van der Waals surface area contributed by atoms with Gasteiger partial charge in [0.2, 0.25) is 17.7 Å². The van der Waals surface area contributed by atoms with Crippen molar-refractivity contribution >= 4 is 41.1 Å². The number of ether oxygens (including phenoxy) is 1. The molecule has 59 heavy (non-hydrogen) atoms. The maximum atomic E-state index is 15.0. The van der Waals surface area contributed by atoms with Crippen molar-refractivity contribution in [2.75, 3.05) is 18.8 Å². The molecule has 2 aromatic carbocycles. The van der Waals surface area contributed by atoms with Crippen molar-refractivity contribution in [1.29, 1.82) is 0 Å². The minimum Gasteiger partial charge on any atom is -0.471 e.